The third-order valence-electron chi connectivity index (χ3n) is 6.31. The third-order valence-corrected chi connectivity index (χ3v) is 6.31. The third kappa shape index (κ3) is 3.62. The van der Waals surface area contributed by atoms with Crippen molar-refractivity contribution in [2.75, 3.05) is 33.2 Å². The number of likely N-dealkylation sites (N-methyl/N-ethyl adjacent to an activating group) is 1. The molecule has 1 saturated carbocycles. The Balaban J connectivity index is 1.58. The van der Waals surface area contributed by atoms with E-state index in [1.165, 1.54) is 77.5 Å². The lowest BCUT2D eigenvalue weighted by atomic mass is 9.79. The van der Waals surface area contributed by atoms with Gasteiger partial charge in [0.2, 0.25) is 0 Å². The highest BCUT2D eigenvalue weighted by atomic mass is 15.3. The van der Waals surface area contributed by atoms with Gasteiger partial charge in [0.25, 0.3) is 0 Å². The van der Waals surface area contributed by atoms with Gasteiger partial charge >= 0.3 is 0 Å². The monoisotopic (exact) mass is 293 g/mol. The average Bonchev–Trinajstić information content (AvgIpc) is 3.18. The summed E-state index contributed by atoms with van der Waals surface area (Å²) in [6.45, 7) is 7.73. The highest BCUT2D eigenvalue weighted by molar-refractivity contribution is 4.95. The van der Waals surface area contributed by atoms with Crippen LogP contribution in [-0.2, 0) is 0 Å². The molecular formula is C18H35N3. The Bertz CT molecular complexity index is 314. The number of rotatable bonds is 5. The Morgan fingerprint density at radius 1 is 1.00 bits per heavy atom. The molecule has 3 fully saturated rings. The van der Waals surface area contributed by atoms with Crippen molar-refractivity contribution in [2.24, 2.45) is 5.92 Å². The molecule has 0 aromatic rings. The van der Waals surface area contributed by atoms with Crippen molar-refractivity contribution < 1.29 is 0 Å². The Kier molecular flexibility index (Phi) is 5.58. The van der Waals surface area contributed by atoms with Gasteiger partial charge in [-0.15, -0.1) is 0 Å². The van der Waals surface area contributed by atoms with Crippen molar-refractivity contribution >= 4 is 0 Å². The van der Waals surface area contributed by atoms with E-state index in [4.69, 9.17) is 0 Å². The van der Waals surface area contributed by atoms with Crippen molar-refractivity contribution in [1.29, 1.82) is 0 Å². The molecule has 3 aliphatic rings. The topological polar surface area (TPSA) is 18.5 Å². The molecule has 3 heteroatoms. The molecule has 2 saturated heterocycles. The van der Waals surface area contributed by atoms with Crippen LogP contribution in [0.5, 0.6) is 0 Å². The lowest BCUT2D eigenvalue weighted by Gasteiger charge is -2.41. The summed E-state index contributed by atoms with van der Waals surface area (Å²) in [5.41, 5.74) is 0. The number of nitrogens with zero attached hydrogens (tertiary/aromatic N) is 2. The van der Waals surface area contributed by atoms with E-state index < -0.39 is 0 Å². The van der Waals surface area contributed by atoms with Gasteiger partial charge in [0.05, 0.1) is 0 Å². The number of likely N-dealkylation sites (tertiary alicyclic amines) is 2. The molecule has 0 radical (unpaired) electrons. The maximum Gasteiger partial charge on any atom is 0.0252 e. The molecule has 1 N–H and O–H groups in total. The van der Waals surface area contributed by atoms with E-state index in [1.807, 2.05) is 0 Å². The van der Waals surface area contributed by atoms with Crippen molar-refractivity contribution in [3.8, 4) is 0 Å². The largest absolute Gasteiger partial charge is 0.315 e. The zero-order valence-electron chi connectivity index (χ0n) is 14.2. The normalized spacial score (nSPS) is 39.1. The zero-order valence-corrected chi connectivity index (χ0v) is 14.2. The lowest BCUT2D eigenvalue weighted by Crippen LogP contribution is -2.52. The maximum absolute atomic E-state index is 3.62. The quantitative estimate of drug-likeness (QED) is 0.841. The summed E-state index contributed by atoms with van der Waals surface area (Å²) in [6, 6.07) is 2.39. The van der Waals surface area contributed by atoms with Crippen LogP contribution in [0.4, 0.5) is 0 Å². The fourth-order valence-electron chi connectivity index (χ4n) is 5.12. The van der Waals surface area contributed by atoms with Gasteiger partial charge in [0.1, 0.15) is 0 Å². The molecule has 0 spiro atoms. The van der Waals surface area contributed by atoms with Crippen LogP contribution >= 0.6 is 0 Å². The minimum Gasteiger partial charge on any atom is -0.315 e. The van der Waals surface area contributed by atoms with Crippen LogP contribution in [0.3, 0.4) is 0 Å². The molecule has 1 aliphatic carbocycles. The standard InChI is InChI=1S/C18H35N3/c1-3-6-15-7-8-17(19-2)18(13-15)21-12-9-16(14-21)20-10-4-5-11-20/h15-19H,3-14H2,1-2H3. The first-order valence-electron chi connectivity index (χ1n) is 9.47. The van der Waals surface area contributed by atoms with Crippen LogP contribution < -0.4 is 5.32 Å². The van der Waals surface area contributed by atoms with Crippen molar-refractivity contribution in [1.82, 2.24) is 15.1 Å². The molecule has 2 heterocycles. The van der Waals surface area contributed by atoms with E-state index in [1.54, 1.807) is 0 Å². The van der Waals surface area contributed by atoms with E-state index in [-0.39, 0.29) is 0 Å². The fourth-order valence-corrected chi connectivity index (χ4v) is 5.12. The van der Waals surface area contributed by atoms with Gasteiger partial charge in [-0.25, -0.2) is 0 Å². The number of nitrogens with one attached hydrogen (secondary N) is 1. The minimum absolute atomic E-state index is 0.732. The lowest BCUT2D eigenvalue weighted by molar-refractivity contribution is 0.109. The van der Waals surface area contributed by atoms with Crippen molar-refractivity contribution in [2.45, 2.75) is 76.4 Å². The summed E-state index contributed by atoms with van der Waals surface area (Å²) < 4.78 is 0. The van der Waals surface area contributed by atoms with Crippen molar-refractivity contribution in [3.05, 3.63) is 0 Å². The Hall–Kier alpha value is -0.120. The number of hydrogen-bond donors (Lipinski definition) is 1. The van der Waals surface area contributed by atoms with Crippen LogP contribution in [0.25, 0.3) is 0 Å². The summed E-state index contributed by atoms with van der Waals surface area (Å²) in [5.74, 6) is 0.982. The van der Waals surface area contributed by atoms with Gasteiger partial charge in [-0.1, -0.05) is 19.8 Å². The van der Waals surface area contributed by atoms with Gasteiger partial charge in [0.15, 0.2) is 0 Å². The van der Waals surface area contributed by atoms with E-state index >= 15 is 0 Å². The summed E-state index contributed by atoms with van der Waals surface area (Å²) in [6.07, 6.45) is 11.3. The van der Waals surface area contributed by atoms with Gasteiger partial charge in [-0.2, -0.15) is 0 Å². The Morgan fingerprint density at radius 3 is 2.52 bits per heavy atom. The highest BCUT2D eigenvalue weighted by Crippen LogP contribution is 2.33. The molecule has 122 valence electrons. The minimum atomic E-state index is 0.732. The second-order valence-corrected chi connectivity index (χ2v) is 7.61. The Morgan fingerprint density at radius 2 is 1.81 bits per heavy atom. The van der Waals surface area contributed by atoms with Gasteiger partial charge in [0, 0.05) is 31.2 Å². The predicted molar refractivity (Wildman–Crippen MR) is 89.7 cm³/mol. The van der Waals surface area contributed by atoms with Crippen LogP contribution in [-0.4, -0.2) is 61.2 Å². The van der Waals surface area contributed by atoms with E-state index in [0.717, 1.165) is 24.0 Å². The molecule has 21 heavy (non-hydrogen) atoms. The van der Waals surface area contributed by atoms with E-state index in [2.05, 4.69) is 29.1 Å². The van der Waals surface area contributed by atoms with Crippen LogP contribution in [0.1, 0.15) is 58.3 Å². The first-order chi connectivity index (χ1) is 10.3. The SMILES string of the molecule is CCCC1CCC(NC)C(N2CCC(N3CCCC3)C2)C1. The van der Waals surface area contributed by atoms with E-state index in [0.29, 0.717) is 0 Å². The first-order valence-corrected chi connectivity index (χ1v) is 9.47. The van der Waals surface area contributed by atoms with Crippen LogP contribution in [0.2, 0.25) is 0 Å². The molecule has 0 bridgehead atoms. The predicted octanol–water partition coefficient (Wildman–Crippen LogP) is 2.71. The van der Waals surface area contributed by atoms with Crippen LogP contribution in [0, 0.1) is 5.92 Å². The number of hydrogen-bond acceptors (Lipinski definition) is 3. The second kappa shape index (κ2) is 7.43. The van der Waals surface area contributed by atoms with Gasteiger partial charge in [-0.3, -0.25) is 9.80 Å². The first kappa shape index (κ1) is 15.8. The van der Waals surface area contributed by atoms with Crippen molar-refractivity contribution in [3.63, 3.8) is 0 Å². The molecule has 3 rings (SSSR count). The molecule has 0 amide bonds. The summed E-state index contributed by atoms with van der Waals surface area (Å²) >= 11 is 0. The molecule has 4 unspecified atom stereocenters. The average molecular weight is 293 g/mol. The maximum atomic E-state index is 3.62. The molecule has 3 nitrogen and oxygen atoms in total. The summed E-state index contributed by atoms with van der Waals surface area (Å²) in [5, 5.41) is 3.62. The zero-order chi connectivity index (χ0) is 14.7. The fraction of sp³-hybridized carbons (Fsp3) is 1.00. The molecular weight excluding hydrogens is 258 g/mol. The summed E-state index contributed by atoms with van der Waals surface area (Å²) in [7, 11) is 2.17. The van der Waals surface area contributed by atoms with E-state index in [9.17, 15) is 0 Å². The molecule has 0 aromatic heterocycles. The van der Waals surface area contributed by atoms with Crippen LogP contribution in [0.15, 0.2) is 0 Å². The smallest absolute Gasteiger partial charge is 0.0252 e. The second-order valence-electron chi connectivity index (χ2n) is 7.61. The van der Waals surface area contributed by atoms with Gasteiger partial charge in [-0.05, 0) is 64.6 Å². The molecule has 2 aliphatic heterocycles. The molecule has 4 atom stereocenters. The van der Waals surface area contributed by atoms with Gasteiger partial charge < -0.3 is 5.32 Å². The molecule has 0 aromatic carbocycles. The summed E-state index contributed by atoms with van der Waals surface area (Å²) in [4.78, 5) is 5.60. The Labute approximate surface area is 131 Å². The highest BCUT2D eigenvalue weighted by Gasteiger charge is 2.38.